The summed E-state index contributed by atoms with van der Waals surface area (Å²) in [5, 5.41) is 2.68. The van der Waals surface area contributed by atoms with Crippen molar-refractivity contribution >= 4 is 17.3 Å². The van der Waals surface area contributed by atoms with Gasteiger partial charge in [-0.1, -0.05) is 0 Å². The van der Waals surface area contributed by atoms with Gasteiger partial charge in [0.2, 0.25) is 0 Å². The summed E-state index contributed by atoms with van der Waals surface area (Å²) in [4.78, 5) is 18.5. The average molecular weight is 377 g/mol. The second-order valence-electron chi connectivity index (χ2n) is 6.91. The van der Waals surface area contributed by atoms with Crippen molar-refractivity contribution in [1.82, 2.24) is 4.98 Å². The van der Waals surface area contributed by atoms with Gasteiger partial charge in [-0.05, 0) is 62.9 Å². The van der Waals surface area contributed by atoms with E-state index in [1.807, 2.05) is 0 Å². The number of nitrogens with zero attached hydrogens (tertiary/aromatic N) is 2. The molecule has 1 amide bonds. The lowest BCUT2D eigenvalue weighted by molar-refractivity contribution is -0.138. The summed E-state index contributed by atoms with van der Waals surface area (Å²) in [5.74, 6) is -0.458. The van der Waals surface area contributed by atoms with Crippen molar-refractivity contribution in [3.8, 4) is 0 Å². The number of halogens is 3. The fourth-order valence-corrected chi connectivity index (χ4v) is 3.49. The molecule has 2 aromatic rings. The third-order valence-corrected chi connectivity index (χ3v) is 4.95. The van der Waals surface area contributed by atoms with Gasteiger partial charge in [-0.15, -0.1) is 0 Å². The minimum absolute atomic E-state index is 0.150. The van der Waals surface area contributed by atoms with E-state index in [4.69, 9.17) is 0 Å². The lowest BCUT2D eigenvalue weighted by Gasteiger charge is -2.37. The zero-order valence-electron chi connectivity index (χ0n) is 15.3. The molecule has 1 fully saturated rings. The molecule has 1 aromatic heterocycles. The first-order chi connectivity index (χ1) is 12.8. The van der Waals surface area contributed by atoms with Crippen molar-refractivity contribution < 1.29 is 18.0 Å². The van der Waals surface area contributed by atoms with Gasteiger partial charge in [0.15, 0.2) is 0 Å². The summed E-state index contributed by atoms with van der Waals surface area (Å²) in [6.07, 6.45) is 1.50. The Morgan fingerprint density at radius 1 is 1.22 bits per heavy atom. The van der Waals surface area contributed by atoms with Crippen LogP contribution >= 0.6 is 0 Å². The molecule has 3 rings (SSSR count). The van der Waals surface area contributed by atoms with Crippen LogP contribution in [0, 0.1) is 6.92 Å². The van der Waals surface area contributed by atoms with Crippen LogP contribution in [0.1, 0.15) is 47.7 Å². The summed E-state index contributed by atoms with van der Waals surface area (Å²) >= 11 is 0. The maximum Gasteiger partial charge on any atom is 0.416 e. The first kappa shape index (κ1) is 19.2. The highest BCUT2D eigenvalue weighted by Crippen LogP contribution is 2.40. The number of carbonyl (C=O) groups excluding carboxylic acids is 1. The predicted molar refractivity (Wildman–Crippen MR) is 99.0 cm³/mol. The number of alkyl halides is 3. The molecule has 0 spiro atoms. The maximum atomic E-state index is 13.4. The van der Waals surface area contributed by atoms with Gasteiger partial charge in [-0.3, -0.25) is 9.78 Å². The van der Waals surface area contributed by atoms with Gasteiger partial charge in [0.25, 0.3) is 5.91 Å². The molecule has 1 atom stereocenters. The fourth-order valence-electron chi connectivity index (χ4n) is 3.49. The Balaban J connectivity index is 2.03. The van der Waals surface area contributed by atoms with Gasteiger partial charge in [0, 0.05) is 30.5 Å². The van der Waals surface area contributed by atoms with Crippen LogP contribution in [0.4, 0.5) is 24.5 Å². The van der Waals surface area contributed by atoms with Gasteiger partial charge >= 0.3 is 6.18 Å². The number of pyridine rings is 1. The van der Waals surface area contributed by atoms with Crippen LogP contribution in [-0.4, -0.2) is 23.5 Å². The summed E-state index contributed by atoms with van der Waals surface area (Å²) < 4.78 is 40.2. The summed E-state index contributed by atoms with van der Waals surface area (Å²) in [6, 6.07) is 5.83. The van der Waals surface area contributed by atoms with Crippen molar-refractivity contribution in [2.75, 3.05) is 16.8 Å². The van der Waals surface area contributed by atoms with Gasteiger partial charge in [0.1, 0.15) is 0 Å². The third kappa shape index (κ3) is 4.23. The second kappa shape index (κ2) is 7.58. The molecule has 1 aliphatic heterocycles. The fraction of sp³-hybridized carbons (Fsp3) is 0.400. The molecule has 1 N–H and O–H groups in total. The van der Waals surface area contributed by atoms with Crippen molar-refractivity contribution in [3.63, 3.8) is 0 Å². The number of benzene rings is 1. The Kier molecular flexibility index (Phi) is 5.39. The molecule has 27 heavy (non-hydrogen) atoms. The van der Waals surface area contributed by atoms with E-state index in [-0.39, 0.29) is 17.3 Å². The molecule has 1 unspecified atom stereocenters. The molecule has 0 saturated carbocycles. The Morgan fingerprint density at radius 3 is 2.56 bits per heavy atom. The monoisotopic (exact) mass is 377 g/mol. The molecule has 144 valence electrons. The smallest absolute Gasteiger partial charge is 0.367 e. The zero-order valence-corrected chi connectivity index (χ0v) is 15.3. The second-order valence-corrected chi connectivity index (χ2v) is 6.91. The highest BCUT2D eigenvalue weighted by Gasteiger charge is 2.34. The SMILES string of the molecule is Cc1cc(N2CCCCC2C)c(NC(=O)c2ccncc2)cc1C(F)(F)F. The normalized spacial score (nSPS) is 17.7. The first-order valence-corrected chi connectivity index (χ1v) is 8.97. The number of amides is 1. The van der Waals surface area contributed by atoms with E-state index in [1.165, 1.54) is 37.5 Å². The number of aryl methyl sites for hydroxylation is 1. The zero-order chi connectivity index (χ0) is 19.6. The van der Waals surface area contributed by atoms with E-state index >= 15 is 0 Å². The molecule has 0 aliphatic carbocycles. The van der Waals surface area contributed by atoms with Crippen molar-refractivity contribution in [1.29, 1.82) is 0 Å². The molecule has 2 heterocycles. The van der Waals surface area contributed by atoms with Crippen molar-refractivity contribution in [2.24, 2.45) is 0 Å². The molecule has 1 aliphatic rings. The quantitative estimate of drug-likeness (QED) is 0.815. The van der Waals surface area contributed by atoms with E-state index in [0.29, 0.717) is 11.3 Å². The van der Waals surface area contributed by atoms with E-state index in [9.17, 15) is 18.0 Å². The Morgan fingerprint density at radius 2 is 1.93 bits per heavy atom. The van der Waals surface area contributed by atoms with Crippen molar-refractivity contribution in [2.45, 2.75) is 45.3 Å². The van der Waals surface area contributed by atoms with Crippen LogP contribution in [-0.2, 0) is 6.18 Å². The number of hydrogen-bond donors (Lipinski definition) is 1. The Hall–Kier alpha value is -2.57. The maximum absolute atomic E-state index is 13.4. The number of aromatic nitrogens is 1. The average Bonchev–Trinajstić information content (AvgIpc) is 2.63. The van der Waals surface area contributed by atoms with Crippen LogP contribution in [0.25, 0.3) is 0 Å². The Labute approximate surface area is 156 Å². The first-order valence-electron chi connectivity index (χ1n) is 8.97. The van der Waals surface area contributed by atoms with Gasteiger partial charge in [-0.25, -0.2) is 0 Å². The number of nitrogens with one attached hydrogen (secondary N) is 1. The number of anilines is 2. The number of piperidine rings is 1. The number of hydrogen-bond acceptors (Lipinski definition) is 3. The van der Waals surface area contributed by atoms with Gasteiger partial charge in [-0.2, -0.15) is 13.2 Å². The minimum atomic E-state index is -4.48. The van der Waals surface area contributed by atoms with E-state index in [2.05, 4.69) is 22.1 Å². The molecular formula is C20H22F3N3O. The topological polar surface area (TPSA) is 45.2 Å². The molecule has 0 radical (unpaired) electrons. The minimum Gasteiger partial charge on any atom is -0.367 e. The van der Waals surface area contributed by atoms with Gasteiger partial charge < -0.3 is 10.2 Å². The molecule has 7 heteroatoms. The Bertz CT molecular complexity index is 821. The molecule has 1 saturated heterocycles. The summed E-state index contributed by atoms with van der Waals surface area (Å²) in [7, 11) is 0. The van der Waals surface area contributed by atoms with Crippen LogP contribution in [0.3, 0.4) is 0 Å². The molecule has 0 bridgehead atoms. The number of carbonyl (C=O) groups is 1. The summed E-state index contributed by atoms with van der Waals surface area (Å²) in [6.45, 7) is 4.26. The lowest BCUT2D eigenvalue weighted by Crippen LogP contribution is -2.38. The van der Waals surface area contributed by atoms with Gasteiger partial charge in [0.05, 0.1) is 16.9 Å². The molecular weight excluding hydrogens is 355 g/mol. The lowest BCUT2D eigenvalue weighted by atomic mass is 9.99. The van der Waals surface area contributed by atoms with E-state index in [0.717, 1.165) is 31.9 Å². The standard InChI is InChI=1S/C20H22F3N3O/c1-13-11-18(26-10-4-3-5-14(26)2)17(12-16(13)20(21,22)23)25-19(27)15-6-8-24-9-7-15/h6-9,11-12,14H,3-5,10H2,1-2H3,(H,25,27). The van der Waals surface area contributed by atoms with Crippen molar-refractivity contribution in [3.05, 3.63) is 53.3 Å². The highest BCUT2D eigenvalue weighted by molar-refractivity contribution is 6.06. The van der Waals surface area contributed by atoms with Crippen LogP contribution in [0.2, 0.25) is 0 Å². The van der Waals surface area contributed by atoms with E-state index < -0.39 is 17.6 Å². The third-order valence-electron chi connectivity index (χ3n) is 4.95. The van der Waals surface area contributed by atoms with E-state index in [1.54, 1.807) is 0 Å². The van der Waals surface area contributed by atoms with Crippen LogP contribution < -0.4 is 10.2 Å². The van der Waals surface area contributed by atoms with Crippen LogP contribution in [0.5, 0.6) is 0 Å². The highest BCUT2D eigenvalue weighted by atomic mass is 19.4. The number of rotatable bonds is 3. The largest absolute Gasteiger partial charge is 0.416 e. The van der Waals surface area contributed by atoms with Crippen LogP contribution in [0.15, 0.2) is 36.7 Å². The predicted octanol–water partition coefficient (Wildman–Crippen LogP) is 5.04. The molecule has 1 aromatic carbocycles. The summed E-state index contributed by atoms with van der Waals surface area (Å²) in [5.41, 5.74) is 0.577. The molecule has 4 nitrogen and oxygen atoms in total.